The fourth-order valence-corrected chi connectivity index (χ4v) is 2.88. The van der Waals surface area contributed by atoms with Gasteiger partial charge < -0.3 is 4.57 Å². The van der Waals surface area contributed by atoms with Crippen molar-refractivity contribution in [2.24, 2.45) is 5.92 Å². The van der Waals surface area contributed by atoms with E-state index >= 15 is 0 Å². The molecule has 0 saturated carbocycles. The highest BCUT2D eigenvalue weighted by Gasteiger charge is 2.14. The molecule has 0 spiro atoms. The average molecular weight is 343 g/mol. The smallest absolute Gasteiger partial charge is 0.164 e. The summed E-state index contributed by atoms with van der Waals surface area (Å²) in [5.41, 5.74) is 2.26. The fourth-order valence-electron chi connectivity index (χ4n) is 2.07. The van der Waals surface area contributed by atoms with E-state index in [-0.39, 0.29) is 0 Å². The van der Waals surface area contributed by atoms with Crippen LogP contribution in [0.5, 0.6) is 0 Å². The van der Waals surface area contributed by atoms with Crippen molar-refractivity contribution in [3.8, 4) is 11.4 Å². The van der Waals surface area contributed by atoms with Crippen LogP contribution in [0.4, 0.5) is 0 Å². The molecule has 0 aliphatic carbocycles. The van der Waals surface area contributed by atoms with Gasteiger partial charge in [-0.2, -0.15) is 0 Å². The Morgan fingerprint density at radius 1 is 1.26 bits per heavy atom. The Bertz CT molecular complexity index is 558. The molecule has 2 rings (SSSR count). The molecule has 2 aromatic rings. The number of hydrogen-bond acceptors (Lipinski definition) is 2. The van der Waals surface area contributed by atoms with Gasteiger partial charge in [0.15, 0.2) is 5.82 Å². The lowest BCUT2D eigenvalue weighted by atomic mass is 10.1. The van der Waals surface area contributed by atoms with E-state index in [1.165, 1.54) is 5.56 Å². The Morgan fingerprint density at radius 2 is 2.00 bits per heavy atom. The zero-order valence-electron chi connectivity index (χ0n) is 11.3. The number of alkyl halides is 1. The van der Waals surface area contributed by atoms with Crippen LogP contribution in [0, 0.1) is 12.8 Å². The van der Waals surface area contributed by atoms with Gasteiger partial charge in [-0.15, -0.1) is 21.8 Å². The van der Waals surface area contributed by atoms with Gasteiger partial charge in [-0.3, -0.25) is 0 Å². The summed E-state index contributed by atoms with van der Waals surface area (Å²) in [6, 6.07) is 6.25. The summed E-state index contributed by atoms with van der Waals surface area (Å²) in [6.07, 6.45) is 0. The van der Waals surface area contributed by atoms with Gasteiger partial charge in [0.05, 0.1) is 5.88 Å². The van der Waals surface area contributed by atoms with Crippen molar-refractivity contribution in [2.75, 3.05) is 0 Å². The number of rotatable bonds is 4. The van der Waals surface area contributed by atoms with Crippen LogP contribution in [-0.2, 0) is 12.4 Å². The van der Waals surface area contributed by atoms with Crippen LogP contribution in [0.2, 0.25) is 0 Å². The Morgan fingerprint density at radius 3 is 2.58 bits per heavy atom. The molecule has 3 nitrogen and oxygen atoms in total. The minimum atomic E-state index is 0.382. The van der Waals surface area contributed by atoms with Gasteiger partial charge in [0.25, 0.3) is 0 Å². The standard InChI is InChI=1S/C14H17BrClN3/c1-9(2)8-19-13(7-16)17-18-14(19)11-4-10(3)5-12(15)6-11/h4-6,9H,7-8H2,1-3H3. The largest absolute Gasteiger partial charge is 0.310 e. The molecular formula is C14H17BrClN3. The molecule has 0 atom stereocenters. The first-order valence-corrected chi connectivity index (χ1v) is 7.59. The Hall–Kier alpha value is -0.870. The first-order chi connectivity index (χ1) is 9.01. The maximum atomic E-state index is 5.95. The molecule has 1 aromatic carbocycles. The number of aromatic nitrogens is 3. The van der Waals surface area contributed by atoms with Crippen LogP contribution in [0.15, 0.2) is 22.7 Å². The first kappa shape index (κ1) is 14.5. The molecule has 0 amide bonds. The molecule has 5 heteroatoms. The fraction of sp³-hybridized carbons (Fsp3) is 0.429. The molecule has 0 N–H and O–H groups in total. The number of halogens is 2. The topological polar surface area (TPSA) is 30.7 Å². The molecule has 0 saturated heterocycles. The second-order valence-electron chi connectivity index (χ2n) is 5.10. The van der Waals surface area contributed by atoms with E-state index in [2.05, 4.69) is 69.7 Å². The van der Waals surface area contributed by atoms with E-state index in [9.17, 15) is 0 Å². The molecule has 1 heterocycles. The summed E-state index contributed by atoms with van der Waals surface area (Å²) < 4.78 is 3.16. The number of aryl methyl sites for hydroxylation is 1. The van der Waals surface area contributed by atoms with Gasteiger partial charge in [0.2, 0.25) is 0 Å². The van der Waals surface area contributed by atoms with Crippen molar-refractivity contribution >= 4 is 27.5 Å². The normalized spacial score (nSPS) is 11.3. The number of nitrogens with zero attached hydrogens (tertiary/aromatic N) is 3. The van der Waals surface area contributed by atoms with E-state index in [1.54, 1.807) is 0 Å². The average Bonchev–Trinajstić information content (AvgIpc) is 2.69. The minimum absolute atomic E-state index is 0.382. The minimum Gasteiger partial charge on any atom is -0.310 e. The lowest BCUT2D eigenvalue weighted by Gasteiger charge is -2.12. The quantitative estimate of drug-likeness (QED) is 0.771. The zero-order valence-corrected chi connectivity index (χ0v) is 13.7. The lowest BCUT2D eigenvalue weighted by Crippen LogP contribution is -2.09. The Labute approximate surface area is 127 Å². The van der Waals surface area contributed by atoms with E-state index in [1.807, 2.05) is 0 Å². The van der Waals surface area contributed by atoms with E-state index < -0.39 is 0 Å². The van der Waals surface area contributed by atoms with E-state index in [4.69, 9.17) is 11.6 Å². The van der Waals surface area contributed by atoms with Crippen LogP contribution in [0.3, 0.4) is 0 Å². The Kier molecular flexibility index (Phi) is 4.63. The third-order valence-electron chi connectivity index (χ3n) is 2.79. The van der Waals surface area contributed by atoms with Crippen LogP contribution in [0.25, 0.3) is 11.4 Å². The second-order valence-corrected chi connectivity index (χ2v) is 6.28. The molecule has 19 heavy (non-hydrogen) atoms. The summed E-state index contributed by atoms with van der Waals surface area (Å²) in [4.78, 5) is 0. The summed E-state index contributed by atoms with van der Waals surface area (Å²) in [6.45, 7) is 7.29. The van der Waals surface area contributed by atoms with Gasteiger partial charge in [0.1, 0.15) is 5.82 Å². The highest BCUT2D eigenvalue weighted by Crippen LogP contribution is 2.25. The maximum absolute atomic E-state index is 5.95. The van der Waals surface area contributed by atoms with Crippen LogP contribution < -0.4 is 0 Å². The van der Waals surface area contributed by atoms with Crippen molar-refractivity contribution in [1.82, 2.24) is 14.8 Å². The maximum Gasteiger partial charge on any atom is 0.164 e. The number of benzene rings is 1. The molecule has 0 aliphatic heterocycles. The first-order valence-electron chi connectivity index (χ1n) is 6.27. The molecule has 0 bridgehead atoms. The summed E-state index contributed by atoms with van der Waals surface area (Å²) in [5, 5.41) is 8.49. The van der Waals surface area contributed by atoms with Gasteiger partial charge in [-0.25, -0.2) is 0 Å². The molecule has 1 aromatic heterocycles. The SMILES string of the molecule is Cc1cc(Br)cc(-c2nnc(CCl)n2CC(C)C)c1. The van der Waals surface area contributed by atoms with Gasteiger partial charge in [-0.1, -0.05) is 29.8 Å². The zero-order chi connectivity index (χ0) is 14.0. The van der Waals surface area contributed by atoms with E-state index in [0.29, 0.717) is 11.8 Å². The monoisotopic (exact) mass is 341 g/mol. The van der Waals surface area contributed by atoms with Crippen LogP contribution in [0.1, 0.15) is 25.2 Å². The molecular weight excluding hydrogens is 326 g/mol. The van der Waals surface area contributed by atoms with Gasteiger partial charge >= 0.3 is 0 Å². The van der Waals surface area contributed by atoms with Crippen molar-refractivity contribution in [1.29, 1.82) is 0 Å². The van der Waals surface area contributed by atoms with Crippen LogP contribution >= 0.6 is 27.5 Å². The third kappa shape index (κ3) is 3.37. The van der Waals surface area contributed by atoms with Crippen LogP contribution in [-0.4, -0.2) is 14.8 Å². The highest BCUT2D eigenvalue weighted by atomic mass is 79.9. The predicted octanol–water partition coefficient (Wildman–Crippen LogP) is 4.41. The van der Waals surface area contributed by atoms with Gasteiger partial charge in [-0.05, 0) is 36.6 Å². The molecule has 0 fully saturated rings. The summed E-state index contributed by atoms with van der Waals surface area (Å²) in [7, 11) is 0. The number of hydrogen-bond donors (Lipinski definition) is 0. The molecule has 102 valence electrons. The van der Waals surface area contributed by atoms with Crippen molar-refractivity contribution < 1.29 is 0 Å². The molecule has 0 radical (unpaired) electrons. The van der Waals surface area contributed by atoms with Gasteiger partial charge in [0, 0.05) is 16.6 Å². The van der Waals surface area contributed by atoms with Crippen molar-refractivity contribution in [3.05, 3.63) is 34.1 Å². The second kappa shape index (κ2) is 6.06. The summed E-state index contributed by atoms with van der Waals surface area (Å²) >= 11 is 9.47. The third-order valence-corrected chi connectivity index (χ3v) is 3.49. The summed E-state index contributed by atoms with van der Waals surface area (Å²) in [5.74, 6) is 2.61. The molecule has 0 aliphatic rings. The predicted molar refractivity (Wildman–Crippen MR) is 82.3 cm³/mol. The highest BCUT2D eigenvalue weighted by molar-refractivity contribution is 9.10. The van der Waals surface area contributed by atoms with Crippen molar-refractivity contribution in [3.63, 3.8) is 0 Å². The van der Waals surface area contributed by atoms with Crippen molar-refractivity contribution in [2.45, 2.75) is 33.2 Å². The lowest BCUT2D eigenvalue weighted by molar-refractivity contribution is 0.515. The Balaban J connectivity index is 2.51. The molecule has 0 unspecified atom stereocenters. The van der Waals surface area contributed by atoms with E-state index in [0.717, 1.165) is 28.2 Å².